The first-order valence-electron chi connectivity index (χ1n) is 9.71. The Morgan fingerprint density at radius 1 is 0.917 bits per heavy atom. The van der Waals surface area contributed by atoms with Gasteiger partial charge in [0.1, 0.15) is 0 Å². The van der Waals surface area contributed by atoms with E-state index in [-0.39, 0.29) is 17.9 Å². The van der Waals surface area contributed by atoms with Crippen molar-refractivity contribution in [2.24, 2.45) is 5.92 Å². The van der Waals surface area contributed by atoms with E-state index < -0.39 is 0 Å². The molecule has 0 aliphatic carbocycles. The summed E-state index contributed by atoms with van der Waals surface area (Å²) in [5.41, 5.74) is 0. The van der Waals surface area contributed by atoms with Gasteiger partial charge in [-0.25, -0.2) is 0 Å². The number of nitrogens with one attached hydrogen (secondary N) is 3. The molecule has 0 bridgehead atoms. The number of hydrogen-bond acceptors (Lipinski definition) is 3. The summed E-state index contributed by atoms with van der Waals surface area (Å²) in [6.45, 7) is 11.8. The third-order valence-electron chi connectivity index (χ3n) is 4.17. The van der Waals surface area contributed by atoms with Gasteiger partial charge in [-0.3, -0.25) is 9.59 Å². The van der Waals surface area contributed by atoms with Gasteiger partial charge in [0, 0.05) is 25.6 Å². The Morgan fingerprint density at radius 2 is 1.62 bits per heavy atom. The Bertz CT molecular complexity index is 346. The Kier molecular flexibility index (Phi) is 13.6. The predicted octanol–water partition coefficient (Wildman–Crippen LogP) is 2.99. The Balaban J connectivity index is 3.89. The van der Waals surface area contributed by atoms with Crippen LogP contribution >= 0.6 is 0 Å². The van der Waals surface area contributed by atoms with E-state index in [2.05, 4.69) is 50.6 Å². The van der Waals surface area contributed by atoms with Crippen LogP contribution in [0.15, 0.2) is 0 Å². The minimum absolute atomic E-state index is 0.00174. The maximum Gasteiger partial charge on any atom is 0.237 e. The largest absolute Gasteiger partial charge is 0.356 e. The van der Waals surface area contributed by atoms with Gasteiger partial charge in [0.05, 0.1) is 6.04 Å². The third-order valence-corrected chi connectivity index (χ3v) is 4.17. The van der Waals surface area contributed by atoms with Crippen molar-refractivity contribution < 1.29 is 9.59 Å². The van der Waals surface area contributed by atoms with Crippen molar-refractivity contribution in [3.8, 4) is 0 Å². The molecule has 3 N–H and O–H groups in total. The average Bonchev–Trinajstić information content (AvgIpc) is 2.53. The lowest BCUT2D eigenvalue weighted by atomic mass is 10.1. The van der Waals surface area contributed by atoms with Crippen LogP contribution in [-0.2, 0) is 9.59 Å². The molecular weight excluding hydrogens is 302 g/mol. The van der Waals surface area contributed by atoms with Gasteiger partial charge in [-0.1, -0.05) is 47.0 Å². The molecule has 0 saturated heterocycles. The molecule has 0 fully saturated rings. The maximum absolute atomic E-state index is 12.2. The lowest BCUT2D eigenvalue weighted by Crippen LogP contribution is -2.48. The van der Waals surface area contributed by atoms with Gasteiger partial charge in [0.25, 0.3) is 0 Å². The number of carbonyl (C=O) groups excluding carboxylic acids is 2. The first-order valence-corrected chi connectivity index (χ1v) is 9.71. The van der Waals surface area contributed by atoms with E-state index in [1.807, 2.05) is 0 Å². The second-order valence-electron chi connectivity index (χ2n) is 7.10. The first kappa shape index (κ1) is 22.9. The van der Waals surface area contributed by atoms with E-state index in [0.717, 1.165) is 44.6 Å². The molecule has 0 radical (unpaired) electrons. The van der Waals surface area contributed by atoms with Crippen molar-refractivity contribution in [1.29, 1.82) is 0 Å². The fraction of sp³-hybridized carbons (Fsp3) is 0.895. The van der Waals surface area contributed by atoms with Crippen LogP contribution in [0.1, 0.15) is 79.6 Å². The predicted molar refractivity (Wildman–Crippen MR) is 101 cm³/mol. The second kappa shape index (κ2) is 14.3. The standard InChI is InChI=1S/C19H39N3O2/c1-6-10-17(22-16(5)7-2)19(24)21-14-12-18(23)20-13-9-8-11-15(3)4/h15-17,22H,6-14H2,1-5H3,(H,20,23)(H,21,24). The molecule has 0 heterocycles. The Hall–Kier alpha value is -1.10. The molecule has 5 nitrogen and oxygen atoms in total. The summed E-state index contributed by atoms with van der Waals surface area (Å²) in [6, 6.07) is 0.158. The summed E-state index contributed by atoms with van der Waals surface area (Å²) in [6.07, 6.45) is 6.48. The van der Waals surface area contributed by atoms with Gasteiger partial charge in [0.2, 0.25) is 11.8 Å². The van der Waals surface area contributed by atoms with Crippen molar-refractivity contribution in [1.82, 2.24) is 16.0 Å². The molecule has 142 valence electrons. The molecule has 0 aromatic carbocycles. The molecule has 2 atom stereocenters. The lowest BCUT2D eigenvalue weighted by Gasteiger charge is -2.21. The fourth-order valence-corrected chi connectivity index (χ4v) is 2.46. The van der Waals surface area contributed by atoms with Crippen LogP contribution in [-0.4, -0.2) is 37.0 Å². The van der Waals surface area contributed by atoms with E-state index in [1.54, 1.807) is 0 Å². The van der Waals surface area contributed by atoms with Crippen LogP contribution in [0.3, 0.4) is 0 Å². The van der Waals surface area contributed by atoms with Crippen LogP contribution in [0.5, 0.6) is 0 Å². The molecule has 0 aromatic heterocycles. The highest BCUT2D eigenvalue weighted by molar-refractivity contribution is 5.82. The number of carbonyl (C=O) groups is 2. The average molecular weight is 342 g/mol. The third kappa shape index (κ3) is 12.3. The summed E-state index contributed by atoms with van der Waals surface area (Å²) in [5, 5.41) is 9.15. The van der Waals surface area contributed by atoms with Gasteiger partial charge >= 0.3 is 0 Å². The smallest absolute Gasteiger partial charge is 0.237 e. The summed E-state index contributed by atoms with van der Waals surface area (Å²) in [5.74, 6) is 0.736. The molecule has 2 amide bonds. The second-order valence-corrected chi connectivity index (χ2v) is 7.10. The molecule has 0 aliphatic rings. The monoisotopic (exact) mass is 341 g/mol. The van der Waals surface area contributed by atoms with E-state index >= 15 is 0 Å². The normalized spacial score (nSPS) is 13.6. The Labute approximate surface area is 148 Å². The van der Waals surface area contributed by atoms with Crippen LogP contribution in [0, 0.1) is 5.92 Å². The fourth-order valence-electron chi connectivity index (χ4n) is 2.46. The SMILES string of the molecule is CCCC(NC(C)CC)C(=O)NCCC(=O)NCCCCC(C)C. The molecule has 0 aromatic rings. The van der Waals surface area contributed by atoms with E-state index in [1.165, 1.54) is 6.42 Å². The van der Waals surface area contributed by atoms with E-state index in [9.17, 15) is 9.59 Å². The number of hydrogen-bond donors (Lipinski definition) is 3. The first-order chi connectivity index (χ1) is 11.4. The van der Waals surface area contributed by atoms with Crippen molar-refractivity contribution in [3.63, 3.8) is 0 Å². The summed E-state index contributed by atoms with van der Waals surface area (Å²) in [4.78, 5) is 24.0. The van der Waals surface area contributed by atoms with Crippen LogP contribution in [0.2, 0.25) is 0 Å². The quantitative estimate of drug-likeness (QED) is 0.425. The zero-order chi connectivity index (χ0) is 18.4. The Morgan fingerprint density at radius 3 is 2.21 bits per heavy atom. The molecule has 0 aliphatic heterocycles. The van der Waals surface area contributed by atoms with Crippen LogP contribution in [0.4, 0.5) is 0 Å². The van der Waals surface area contributed by atoms with E-state index in [0.29, 0.717) is 19.0 Å². The number of amides is 2. The highest BCUT2D eigenvalue weighted by Crippen LogP contribution is 2.05. The summed E-state index contributed by atoms with van der Waals surface area (Å²) < 4.78 is 0. The summed E-state index contributed by atoms with van der Waals surface area (Å²) in [7, 11) is 0. The van der Waals surface area contributed by atoms with Crippen molar-refractivity contribution in [2.45, 2.75) is 91.6 Å². The minimum Gasteiger partial charge on any atom is -0.356 e. The molecule has 2 unspecified atom stereocenters. The molecule has 0 saturated carbocycles. The van der Waals surface area contributed by atoms with Crippen molar-refractivity contribution in [3.05, 3.63) is 0 Å². The van der Waals surface area contributed by atoms with Crippen LogP contribution in [0.25, 0.3) is 0 Å². The topological polar surface area (TPSA) is 70.2 Å². The van der Waals surface area contributed by atoms with Gasteiger partial charge in [-0.15, -0.1) is 0 Å². The lowest BCUT2D eigenvalue weighted by molar-refractivity contribution is -0.124. The van der Waals surface area contributed by atoms with Crippen LogP contribution < -0.4 is 16.0 Å². The minimum atomic E-state index is -0.163. The van der Waals surface area contributed by atoms with Crippen molar-refractivity contribution in [2.75, 3.05) is 13.1 Å². The van der Waals surface area contributed by atoms with Crippen molar-refractivity contribution >= 4 is 11.8 Å². The molecular formula is C19H39N3O2. The zero-order valence-electron chi connectivity index (χ0n) is 16.4. The molecule has 5 heteroatoms. The number of unbranched alkanes of at least 4 members (excludes halogenated alkanes) is 1. The number of rotatable bonds is 14. The molecule has 24 heavy (non-hydrogen) atoms. The van der Waals surface area contributed by atoms with Gasteiger partial charge in [-0.2, -0.15) is 0 Å². The van der Waals surface area contributed by atoms with E-state index in [4.69, 9.17) is 0 Å². The highest BCUT2D eigenvalue weighted by Gasteiger charge is 2.18. The zero-order valence-corrected chi connectivity index (χ0v) is 16.4. The van der Waals surface area contributed by atoms with Gasteiger partial charge in [0.15, 0.2) is 0 Å². The molecule has 0 rings (SSSR count). The maximum atomic E-state index is 12.2. The van der Waals surface area contributed by atoms with Gasteiger partial charge < -0.3 is 16.0 Å². The highest BCUT2D eigenvalue weighted by atomic mass is 16.2. The van der Waals surface area contributed by atoms with Gasteiger partial charge in [-0.05, 0) is 32.1 Å². The molecule has 0 spiro atoms. The summed E-state index contributed by atoms with van der Waals surface area (Å²) >= 11 is 0.